The Morgan fingerprint density at radius 3 is 2.67 bits per heavy atom. The fraction of sp³-hybridized carbons (Fsp3) is 0.417. The molecule has 21 heavy (non-hydrogen) atoms. The van der Waals surface area contributed by atoms with Crippen molar-refractivity contribution in [1.29, 1.82) is 0 Å². The lowest BCUT2D eigenvalue weighted by atomic mass is 10.2. The third kappa shape index (κ3) is 3.67. The summed E-state index contributed by atoms with van der Waals surface area (Å²) in [6, 6.07) is 3.86. The van der Waals surface area contributed by atoms with Gasteiger partial charge in [-0.25, -0.2) is 13.2 Å². The molecule has 2 rings (SSSR count). The molecule has 0 spiro atoms. The number of rotatable bonds is 3. The summed E-state index contributed by atoms with van der Waals surface area (Å²) in [7, 11) is -2.62. The summed E-state index contributed by atoms with van der Waals surface area (Å²) in [6.45, 7) is 0.562. The maximum atomic E-state index is 12.6. The van der Waals surface area contributed by atoms with E-state index in [1.807, 2.05) is 0 Å². The molecule has 0 amide bonds. The van der Waals surface area contributed by atoms with Crippen LogP contribution in [0.25, 0.3) is 0 Å². The van der Waals surface area contributed by atoms with Gasteiger partial charge >= 0.3 is 5.97 Å². The van der Waals surface area contributed by atoms with Crippen LogP contribution in [0.3, 0.4) is 0 Å². The minimum atomic E-state index is -3.81. The summed E-state index contributed by atoms with van der Waals surface area (Å²) < 4.78 is 31.0. The number of hydrogen-bond donors (Lipinski definition) is 1. The molecule has 1 aliphatic rings. The van der Waals surface area contributed by atoms with Crippen LogP contribution in [0, 0.1) is 0 Å². The van der Waals surface area contributed by atoms with Crippen molar-refractivity contribution in [3.63, 3.8) is 0 Å². The van der Waals surface area contributed by atoms with Gasteiger partial charge in [-0.15, -0.1) is 12.4 Å². The predicted octanol–water partition coefficient (Wildman–Crippen LogP) is 1.27. The fourth-order valence-electron chi connectivity index (χ4n) is 2.10. The van der Waals surface area contributed by atoms with Gasteiger partial charge in [-0.1, -0.05) is 11.6 Å². The van der Waals surface area contributed by atoms with E-state index in [1.165, 1.54) is 29.6 Å². The normalized spacial score (nSPS) is 19.1. The molecular weight excluding hydrogens is 339 g/mol. The van der Waals surface area contributed by atoms with Gasteiger partial charge in [0.2, 0.25) is 10.0 Å². The van der Waals surface area contributed by atoms with Crippen molar-refractivity contribution in [2.45, 2.75) is 17.4 Å². The third-order valence-corrected chi connectivity index (χ3v) is 5.29. The van der Waals surface area contributed by atoms with Gasteiger partial charge in [0.05, 0.1) is 17.6 Å². The van der Waals surface area contributed by atoms with Gasteiger partial charge in [-0.05, 0) is 24.6 Å². The average Bonchev–Trinajstić information content (AvgIpc) is 2.85. The third-order valence-electron chi connectivity index (χ3n) is 3.15. The van der Waals surface area contributed by atoms with E-state index in [2.05, 4.69) is 4.74 Å². The van der Waals surface area contributed by atoms with Gasteiger partial charge in [0, 0.05) is 24.2 Å². The maximum Gasteiger partial charge on any atom is 0.339 e. The van der Waals surface area contributed by atoms with E-state index < -0.39 is 16.0 Å². The first-order valence-corrected chi connectivity index (χ1v) is 7.81. The molecule has 9 heteroatoms. The van der Waals surface area contributed by atoms with Crippen LogP contribution in [0.1, 0.15) is 16.8 Å². The SMILES string of the molecule is COC(=O)c1ccc(Cl)cc1S(=O)(=O)N1CC[C@@H](N)C1.Cl. The number of sulfonamides is 1. The van der Waals surface area contributed by atoms with Crippen molar-refractivity contribution in [2.24, 2.45) is 5.73 Å². The molecule has 0 bridgehead atoms. The van der Waals surface area contributed by atoms with Crippen LogP contribution >= 0.6 is 24.0 Å². The lowest BCUT2D eigenvalue weighted by Crippen LogP contribution is -2.33. The lowest BCUT2D eigenvalue weighted by molar-refractivity contribution is 0.0596. The van der Waals surface area contributed by atoms with Crippen LogP contribution in [0.5, 0.6) is 0 Å². The highest BCUT2D eigenvalue weighted by Crippen LogP contribution is 2.26. The molecule has 2 N–H and O–H groups in total. The topological polar surface area (TPSA) is 89.7 Å². The number of methoxy groups -OCH3 is 1. The second kappa shape index (κ2) is 6.93. The van der Waals surface area contributed by atoms with Crippen LogP contribution in [-0.2, 0) is 14.8 Å². The fourth-order valence-corrected chi connectivity index (χ4v) is 4.05. The van der Waals surface area contributed by atoms with Gasteiger partial charge in [0.25, 0.3) is 0 Å². The number of ether oxygens (including phenoxy) is 1. The minimum absolute atomic E-state index is 0. The largest absolute Gasteiger partial charge is 0.465 e. The van der Waals surface area contributed by atoms with Crippen molar-refractivity contribution < 1.29 is 17.9 Å². The molecule has 1 heterocycles. The molecular formula is C12H16Cl2N2O4S. The van der Waals surface area contributed by atoms with Crippen molar-refractivity contribution in [3.05, 3.63) is 28.8 Å². The predicted molar refractivity (Wildman–Crippen MR) is 81.4 cm³/mol. The van der Waals surface area contributed by atoms with E-state index in [0.29, 0.717) is 13.0 Å². The standard InChI is InChI=1S/C12H15ClN2O4S.ClH/c1-19-12(16)10-3-2-8(13)6-11(10)20(17,18)15-5-4-9(14)7-15;/h2-3,6,9H,4-5,7,14H2,1H3;1H/t9-;/m1./s1. The van der Waals surface area contributed by atoms with Crippen molar-refractivity contribution in [3.8, 4) is 0 Å². The van der Waals surface area contributed by atoms with E-state index in [4.69, 9.17) is 17.3 Å². The van der Waals surface area contributed by atoms with E-state index >= 15 is 0 Å². The Labute approximate surface area is 134 Å². The quantitative estimate of drug-likeness (QED) is 0.825. The van der Waals surface area contributed by atoms with Gasteiger partial charge in [-0.2, -0.15) is 4.31 Å². The summed E-state index contributed by atoms with van der Waals surface area (Å²) in [5.41, 5.74) is 5.70. The van der Waals surface area contributed by atoms with Crippen molar-refractivity contribution in [1.82, 2.24) is 4.31 Å². The second-order valence-electron chi connectivity index (χ2n) is 4.54. The summed E-state index contributed by atoms with van der Waals surface area (Å²) in [5.74, 6) is -0.719. The van der Waals surface area contributed by atoms with Crippen LogP contribution in [0.4, 0.5) is 0 Å². The van der Waals surface area contributed by atoms with Gasteiger partial charge in [-0.3, -0.25) is 0 Å². The zero-order chi connectivity index (χ0) is 14.9. The summed E-state index contributed by atoms with van der Waals surface area (Å²) >= 11 is 5.85. The summed E-state index contributed by atoms with van der Waals surface area (Å²) in [4.78, 5) is 11.6. The Morgan fingerprint density at radius 2 is 2.14 bits per heavy atom. The van der Waals surface area contributed by atoms with Gasteiger partial charge < -0.3 is 10.5 Å². The molecule has 1 fully saturated rings. The first kappa shape index (κ1) is 18.2. The summed E-state index contributed by atoms with van der Waals surface area (Å²) in [5, 5.41) is 0.236. The second-order valence-corrected chi connectivity index (χ2v) is 6.89. The number of esters is 1. The average molecular weight is 355 g/mol. The summed E-state index contributed by atoms with van der Waals surface area (Å²) in [6.07, 6.45) is 0.591. The van der Waals surface area contributed by atoms with E-state index in [-0.39, 0.29) is 40.5 Å². The molecule has 1 atom stereocenters. The zero-order valence-corrected chi connectivity index (χ0v) is 13.7. The number of hydrogen-bond acceptors (Lipinski definition) is 5. The van der Waals surface area contributed by atoms with Crippen LogP contribution in [0.15, 0.2) is 23.1 Å². The molecule has 118 valence electrons. The van der Waals surface area contributed by atoms with E-state index in [9.17, 15) is 13.2 Å². The monoisotopic (exact) mass is 354 g/mol. The first-order valence-electron chi connectivity index (χ1n) is 6.00. The molecule has 1 aromatic carbocycles. The smallest absolute Gasteiger partial charge is 0.339 e. The number of nitrogens with zero attached hydrogens (tertiary/aromatic N) is 1. The molecule has 1 aromatic rings. The number of carbonyl (C=O) groups excluding carboxylic acids is 1. The Hall–Kier alpha value is -0.860. The van der Waals surface area contributed by atoms with Gasteiger partial charge in [0.15, 0.2) is 0 Å². The first-order chi connectivity index (χ1) is 9.36. The Balaban J connectivity index is 0.00000220. The molecule has 0 aliphatic carbocycles. The molecule has 6 nitrogen and oxygen atoms in total. The number of nitrogens with two attached hydrogens (primary N) is 1. The Morgan fingerprint density at radius 1 is 1.48 bits per heavy atom. The highest BCUT2D eigenvalue weighted by molar-refractivity contribution is 7.89. The maximum absolute atomic E-state index is 12.6. The van der Waals surface area contributed by atoms with Crippen molar-refractivity contribution in [2.75, 3.05) is 20.2 Å². The lowest BCUT2D eigenvalue weighted by Gasteiger charge is -2.18. The molecule has 0 aromatic heterocycles. The zero-order valence-electron chi connectivity index (χ0n) is 11.3. The van der Waals surface area contributed by atoms with E-state index in [0.717, 1.165) is 0 Å². The van der Waals surface area contributed by atoms with Crippen molar-refractivity contribution >= 4 is 40.0 Å². The number of benzene rings is 1. The Bertz CT molecular complexity index is 636. The molecule has 0 saturated carbocycles. The van der Waals surface area contributed by atoms with Crippen LogP contribution in [0.2, 0.25) is 5.02 Å². The molecule has 0 unspecified atom stereocenters. The molecule has 1 aliphatic heterocycles. The van der Waals surface area contributed by atoms with E-state index in [1.54, 1.807) is 0 Å². The molecule has 0 radical (unpaired) electrons. The highest BCUT2D eigenvalue weighted by atomic mass is 35.5. The number of halogens is 2. The van der Waals surface area contributed by atoms with Gasteiger partial charge in [0.1, 0.15) is 0 Å². The number of carbonyl (C=O) groups is 1. The molecule has 1 saturated heterocycles. The minimum Gasteiger partial charge on any atom is -0.465 e. The Kier molecular flexibility index (Phi) is 6.01. The highest BCUT2D eigenvalue weighted by Gasteiger charge is 2.34. The van der Waals surface area contributed by atoms with Crippen LogP contribution in [-0.4, -0.2) is 44.9 Å². The van der Waals surface area contributed by atoms with Crippen LogP contribution < -0.4 is 5.73 Å².